The second-order valence-electron chi connectivity index (χ2n) is 23.1. The Morgan fingerprint density at radius 2 is 0.635 bits per heavy atom. The molecule has 0 aliphatic carbocycles. The van der Waals surface area contributed by atoms with Gasteiger partial charge in [0.1, 0.15) is 0 Å². The lowest BCUT2D eigenvalue weighted by atomic mass is 10.0. The number of carbonyl (C=O) groups is 2. The summed E-state index contributed by atoms with van der Waals surface area (Å²) in [7, 11) is 0. The molecule has 6 nitrogen and oxygen atoms in total. The van der Waals surface area contributed by atoms with Gasteiger partial charge in [-0.3, -0.25) is 9.59 Å². The minimum atomic E-state index is -0.665. The molecule has 0 aliphatic rings. The third-order valence-electron chi connectivity index (χ3n) is 15.7. The molecule has 438 valence electrons. The van der Waals surface area contributed by atoms with Crippen LogP contribution in [0.5, 0.6) is 0 Å². The summed E-state index contributed by atoms with van der Waals surface area (Å²) in [6.07, 6.45) is 79.2. The van der Waals surface area contributed by atoms with E-state index in [9.17, 15) is 19.8 Å². The molecule has 0 saturated carbocycles. The second-order valence-corrected chi connectivity index (χ2v) is 23.1. The van der Waals surface area contributed by atoms with Crippen molar-refractivity contribution < 1.29 is 24.5 Å². The maximum atomic E-state index is 12.5. The summed E-state index contributed by atoms with van der Waals surface area (Å²) in [6, 6.07) is -0.542. The second kappa shape index (κ2) is 63.9. The highest BCUT2D eigenvalue weighted by Gasteiger charge is 2.20. The quantitative estimate of drug-likeness (QED) is 0.0320. The topological polar surface area (TPSA) is 95.9 Å². The molecule has 74 heavy (non-hydrogen) atoms. The number of unbranched alkanes of at least 4 members (excludes halogenated alkanes) is 48. The predicted molar refractivity (Wildman–Crippen MR) is 324 cm³/mol. The van der Waals surface area contributed by atoms with Crippen molar-refractivity contribution in [1.29, 1.82) is 0 Å². The number of hydrogen-bond acceptors (Lipinski definition) is 5. The lowest BCUT2D eigenvalue weighted by molar-refractivity contribution is -0.143. The fraction of sp³-hybridized carbons (Fsp3) is 0.912. The van der Waals surface area contributed by atoms with Crippen LogP contribution in [0.4, 0.5) is 0 Å². The molecule has 0 bridgehead atoms. The van der Waals surface area contributed by atoms with E-state index < -0.39 is 12.1 Å². The van der Waals surface area contributed by atoms with Crippen molar-refractivity contribution in [2.24, 2.45) is 0 Å². The molecule has 0 aliphatic heterocycles. The van der Waals surface area contributed by atoms with Gasteiger partial charge in [0.2, 0.25) is 5.91 Å². The average Bonchev–Trinajstić information content (AvgIpc) is 3.40. The summed E-state index contributed by atoms with van der Waals surface area (Å²) >= 11 is 0. The Bertz CT molecular complexity index is 1150. The Balaban J connectivity index is 3.38. The first kappa shape index (κ1) is 72.3. The molecular weight excluding hydrogens is 911 g/mol. The molecule has 0 aromatic carbocycles. The number of rotatable bonds is 63. The number of ether oxygens (including phenoxy) is 1. The lowest BCUT2D eigenvalue weighted by Gasteiger charge is -2.22. The highest BCUT2D eigenvalue weighted by Crippen LogP contribution is 2.18. The number of esters is 1. The largest absolute Gasteiger partial charge is 0.466 e. The van der Waals surface area contributed by atoms with E-state index in [2.05, 4.69) is 43.5 Å². The molecule has 0 rings (SSSR count). The number of aliphatic hydroxyl groups is 2. The zero-order valence-corrected chi connectivity index (χ0v) is 50.1. The molecule has 2 atom stereocenters. The maximum absolute atomic E-state index is 12.5. The van der Waals surface area contributed by atoms with Crippen LogP contribution in [0.2, 0.25) is 0 Å². The summed E-state index contributed by atoms with van der Waals surface area (Å²) < 4.78 is 5.48. The number of aliphatic hydroxyl groups excluding tert-OH is 2. The Morgan fingerprint density at radius 3 is 0.973 bits per heavy atom. The molecule has 1 amide bonds. The summed E-state index contributed by atoms with van der Waals surface area (Å²) in [6.45, 7) is 4.96. The molecule has 0 radical (unpaired) electrons. The van der Waals surface area contributed by atoms with Gasteiger partial charge in [-0.15, -0.1) is 0 Å². The van der Waals surface area contributed by atoms with Crippen molar-refractivity contribution >= 4 is 11.9 Å². The van der Waals surface area contributed by atoms with Gasteiger partial charge in [0.15, 0.2) is 0 Å². The Morgan fingerprint density at radius 1 is 0.365 bits per heavy atom. The number of nitrogens with one attached hydrogen (secondary N) is 1. The van der Waals surface area contributed by atoms with Crippen LogP contribution in [-0.4, -0.2) is 47.4 Å². The number of amides is 1. The Labute approximate surface area is 462 Å². The summed E-state index contributed by atoms with van der Waals surface area (Å²) in [5.41, 5.74) is 0. The van der Waals surface area contributed by atoms with Crippen LogP contribution < -0.4 is 5.32 Å². The molecule has 2 unspecified atom stereocenters. The number of allylic oxidation sites excluding steroid dienone is 4. The fourth-order valence-corrected chi connectivity index (χ4v) is 10.6. The van der Waals surface area contributed by atoms with Gasteiger partial charge >= 0.3 is 5.97 Å². The van der Waals surface area contributed by atoms with Crippen molar-refractivity contribution in [2.75, 3.05) is 13.2 Å². The van der Waals surface area contributed by atoms with Gasteiger partial charge in [-0.2, -0.15) is 0 Å². The smallest absolute Gasteiger partial charge is 0.305 e. The van der Waals surface area contributed by atoms with E-state index in [0.29, 0.717) is 25.9 Å². The predicted octanol–water partition coefficient (Wildman–Crippen LogP) is 21.4. The van der Waals surface area contributed by atoms with Crippen LogP contribution in [-0.2, 0) is 14.3 Å². The number of carbonyl (C=O) groups excluding carboxylic acids is 2. The van der Waals surface area contributed by atoms with E-state index in [1.165, 1.54) is 295 Å². The van der Waals surface area contributed by atoms with Crippen molar-refractivity contribution in [3.63, 3.8) is 0 Å². The first-order valence-corrected chi connectivity index (χ1v) is 33.6. The van der Waals surface area contributed by atoms with E-state index in [0.717, 1.165) is 44.9 Å². The van der Waals surface area contributed by atoms with Crippen LogP contribution in [0, 0.1) is 0 Å². The van der Waals surface area contributed by atoms with E-state index >= 15 is 0 Å². The van der Waals surface area contributed by atoms with Crippen LogP contribution >= 0.6 is 0 Å². The molecule has 0 saturated heterocycles. The molecule has 6 heteroatoms. The van der Waals surface area contributed by atoms with Gasteiger partial charge in [-0.1, -0.05) is 308 Å². The van der Waals surface area contributed by atoms with Gasteiger partial charge in [0.05, 0.1) is 25.4 Å². The third kappa shape index (κ3) is 59.6. The van der Waals surface area contributed by atoms with Crippen molar-refractivity contribution in [1.82, 2.24) is 5.32 Å². The highest BCUT2D eigenvalue weighted by atomic mass is 16.5. The zero-order chi connectivity index (χ0) is 53.6. The van der Waals surface area contributed by atoms with E-state index in [1.54, 1.807) is 0 Å². The summed E-state index contributed by atoms with van der Waals surface area (Å²) in [5, 5.41) is 23.4. The molecule has 0 aromatic rings. The standard InChI is InChI=1S/C68H131NO5/c1-3-5-7-9-11-13-15-17-18-30-33-37-40-44-48-52-56-60-66(71)65(64-70)69-67(72)61-57-53-49-45-41-38-34-31-28-26-24-22-20-19-21-23-25-27-29-32-35-39-43-47-51-55-59-63-74-68(73)62-58-54-50-46-42-36-16-14-12-10-8-6-4-2/h14,16,19-20,65-66,70-71H,3-13,15,17-18,21-64H2,1-2H3,(H,69,72)/b16-14-,20-19-. The maximum Gasteiger partial charge on any atom is 0.305 e. The van der Waals surface area contributed by atoms with Crippen LogP contribution in [0.15, 0.2) is 24.3 Å². The van der Waals surface area contributed by atoms with Gasteiger partial charge in [0.25, 0.3) is 0 Å². The van der Waals surface area contributed by atoms with Crippen LogP contribution in [0.1, 0.15) is 373 Å². The Hall–Kier alpha value is -1.66. The first-order chi connectivity index (χ1) is 36.5. The minimum absolute atomic E-state index is 0.00634. The SMILES string of the molecule is CCCCCC/C=C\CCCCCCCC(=O)OCCCCCCCCCCCCCC/C=C\CCCCCCCCCCCCCC(=O)NC(CO)C(O)CCCCCCCCCCCCCCCCCCC. The van der Waals surface area contributed by atoms with E-state index in [4.69, 9.17) is 4.74 Å². The van der Waals surface area contributed by atoms with Crippen molar-refractivity contribution in [3.05, 3.63) is 24.3 Å². The van der Waals surface area contributed by atoms with Gasteiger partial charge in [-0.25, -0.2) is 0 Å². The summed E-state index contributed by atoms with van der Waals surface area (Å²) in [5.74, 6) is -0.0264. The summed E-state index contributed by atoms with van der Waals surface area (Å²) in [4.78, 5) is 24.5. The van der Waals surface area contributed by atoms with Gasteiger partial charge < -0.3 is 20.3 Å². The van der Waals surface area contributed by atoms with Gasteiger partial charge in [-0.05, 0) is 77.0 Å². The zero-order valence-electron chi connectivity index (χ0n) is 50.1. The molecule has 3 N–H and O–H groups in total. The molecule has 0 heterocycles. The van der Waals surface area contributed by atoms with Crippen LogP contribution in [0.25, 0.3) is 0 Å². The number of hydrogen-bond donors (Lipinski definition) is 3. The normalized spacial score (nSPS) is 12.6. The lowest BCUT2D eigenvalue weighted by Crippen LogP contribution is -2.45. The molecule has 0 fully saturated rings. The van der Waals surface area contributed by atoms with Crippen molar-refractivity contribution in [3.8, 4) is 0 Å². The van der Waals surface area contributed by atoms with Gasteiger partial charge in [0, 0.05) is 12.8 Å². The van der Waals surface area contributed by atoms with E-state index in [1.807, 2.05) is 0 Å². The third-order valence-corrected chi connectivity index (χ3v) is 15.7. The fourth-order valence-electron chi connectivity index (χ4n) is 10.6. The molecule has 0 aromatic heterocycles. The minimum Gasteiger partial charge on any atom is -0.466 e. The first-order valence-electron chi connectivity index (χ1n) is 33.6. The molecule has 0 spiro atoms. The Kier molecular flexibility index (Phi) is 62.4. The average molecular weight is 1040 g/mol. The van der Waals surface area contributed by atoms with Crippen LogP contribution in [0.3, 0.4) is 0 Å². The monoisotopic (exact) mass is 1040 g/mol. The van der Waals surface area contributed by atoms with E-state index in [-0.39, 0.29) is 18.5 Å². The van der Waals surface area contributed by atoms with Crippen molar-refractivity contribution in [2.45, 2.75) is 386 Å². The molecular formula is C68H131NO5. The highest BCUT2D eigenvalue weighted by molar-refractivity contribution is 5.76.